The molecule has 0 unspecified atom stereocenters. The predicted molar refractivity (Wildman–Crippen MR) is 77.6 cm³/mol. The second kappa shape index (κ2) is 6.10. The smallest absolute Gasteiger partial charge is 0.270 e. The summed E-state index contributed by atoms with van der Waals surface area (Å²) < 4.78 is 0. The molecule has 0 fully saturated rings. The van der Waals surface area contributed by atoms with Crippen molar-refractivity contribution >= 4 is 11.5 Å². The maximum atomic E-state index is 10.8. The fourth-order valence-electron chi connectivity index (χ4n) is 1.84. The first-order valence-corrected chi connectivity index (χ1v) is 6.44. The Hall–Kier alpha value is -2.50. The van der Waals surface area contributed by atoms with E-state index in [4.69, 9.17) is 0 Å². The summed E-state index contributed by atoms with van der Waals surface area (Å²) in [4.78, 5) is 19.0. The molecule has 0 aliphatic heterocycles. The minimum absolute atomic E-state index is 0.0573. The van der Waals surface area contributed by atoms with Crippen molar-refractivity contribution in [2.45, 2.75) is 20.3 Å². The van der Waals surface area contributed by atoms with Crippen molar-refractivity contribution < 1.29 is 4.92 Å². The SMILES string of the molecule is CCCNc1cc(-c2cccc([N+](=O)[O-])c2)nc(C)n1. The molecule has 1 aromatic carbocycles. The van der Waals surface area contributed by atoms with Crippen molar-refractivity contribution in [3.05, 3.63) is 46.3 Å². The Morgan fingerprint density at radius 2 is 2.10 bits per heavy atom. The van der Waals surface area contributed by atoms with E-state index >= 15 is 0 Å². The van der Waals surface area contributed by atoms with E-state index in [1.807, 2.05) is 6.07 Å². The molecule has 0 aliphatic carbocycles. The summed E-state index contributed by atoms with van der Waals surface area (Å²) in [6.07, 6.45) is 0.995. The van der Waals surface area contributed by atoms with Crippen LogP contribution in [0.1, 0.15) is 19.2 Å². The summed E-state index contributed by atoms with van der Waals surface area (Å²) in [6.45, 7) is 4.70. The lowest BCUT2D eigenvalue weighted by molar-refractivity contribution is -0.384. The van der Waals surface area contributed by atoms with Gasteiger partial charge in [-0.3, -0.25) is 10.1 Å². The van der Waals surface area contributed by atoms with Gasteiger partial charge >= 0.3 is 0 Å². The van der Waals surface area contributed by atoms with Gasteiger partial charge in [-0.2, -0.15) is 0 Å². The van der Waals surface area contributed by atoms with Crippen LogP contribution in [-0.2, 0) is 0 Å². The third-order valence-electron chi connectivity index (χ3n) is 2.75. The topological polar surface area (TPSA) is 81.0 Å². The maximum Gasteiger partial charge on any atom is 0.270 e. The maximum absolute atomic E-state index is 10.8. The number of hydrogen-bond acceptors (Lipinski definition) is 5. The Morgan fingerprint density at radius 3 is 2.80 bits per heavy atom. The Bertz CT molecular complexity index is 628. The number of nitro benzene ring substituents is 1. The molecular weight excluding hydrogens is 256 g/mol. The average Bonchev–Trinajstić information content (AvgIpc) is 2.44. The largest absolute Gasteiger partial charge is 0.370 e. The van der Waals surface area contributed by atoms with Gasteiger partial charge in [0.25, 0.3) is 5.69 Å². The molecule has 104 valence electrons. The van der Waals surface area contributed by atoms with Crippen molar-refractivity contribution in [3.8, 4) is 11.3 Å². The van der Waals surface area contributed by atoms with E-state index in [9.17, 15) is 10.1 Å². The molecule has 0 radical (unpaired) electrons. The third kappa shape index (κ3) is 3.28. The molecule has 0 aliphatic rings. The van der Waals surface area contributed by atoms with Crippen LogP contribution in [0.4, 0.5) is 11.5 Å². The summed E-state index contributed by atoms with van der Waals surface area (Å²) in [6, 6.07) is 8.25. The van der Waals surface area contributed by atoms with Crippen molar-refractivity contribution in [1.29, 1.82) is 0 Å². The minimum atomic E-state index is -0.409. The van der Waals surface area contributed by atoms with Crippen LogP contribution in [-0.4, -0.2) is 21.4 Å². The Balaban J connectivity index is 2.38. The number of aromatic nitrogens is 2. The molecular formula is C14H16N4O2. The second-order valence-electron chi connectivity index (χ2n) is 4.42. The van der Waals surface area contributed by atoms with Crippen LogP contribution < -0.4 is 5.32 Å². The monoisotopic (exact) mass is 272 g/mol. The van der Waals surface area contributed by atoms with Crippen LogP contribution in [0, 0.1) is 17.0 Å². The molecule has 6 nitrogen and oxygen atoms in total. The Kier molecular flexibility index (Phi) is 4.24. The number of hydrogen-bond donors (Lipinski definition) is 1. The summed E-state index contributed by atoms with van der Waals surface area (Å²) in [5, 5.41) is 14.0. The average molecular weight is 272 g/mol. The predicted octanol–water partition coefficient (Wildman–Crippen LogP) is 3.18. The van der Waals surface area contributed by atoms with E-state index in [0.717, 1.165) is 18.8 Å². The van der Waals surface area contributed by atoms with E-state index in [0.29, 0.717) is 17.1 Å². The molecule has 0 saturated carbocycles. The minimum Gasteiger partial charge on any atom is -0.370 e. The lowest BCUT2D eigenvalue weighted by Crippen LogP contribution is -2.04. The molecule has 0 bridgehead atoms. The molecule has 1 N–H and O–H groups in total. The number of benzene rings is 1. The highest BCUT2D eigenvalue weighted by atomic mass is 16.6. The summed E-state index contributed by atoms with van der Waals surface area (Å²) in [7, 11) is 0. The summed E-state index contributed by atoms with van der Waals surface area (Å²) >= 11 is 0. The van der Waals surface area contributed by atoms with Crippen molar-refractivity contribution in [2.75, 3.05) is 11.9 Å². The fourth-order valence-corrected chi connectivity index (χ4v) is 1.84. The fraction of sp³-hybridized carbons (Fsp3) is 0.286. The van der Waals surface area contributed by atoms with Gasteiger partial charge in [-0.1, -0.05) is 19.1 Å². The normalized spacial score (nSPS) is 10.3. The van der Waals surface area contributed by atoms with Gasteiger partial charge in [0.15, 0.2) is 0 Å². The molecule has 0 atom stereocenters. The molecule has 1 heterocycles. The molecule has 2 rings (SSSR count). The van der Waals surface area contributed by atoms with Gasteiger partial charge in [0, 0.05) is 30.3 Å². The zero-order valence-corrected chi connectivity index (χ0v) is 11.5. The van der Waals surface area contributed by atoms with Crippen LogP contribution in [0.25, 0.3) is 11.3 Å². The Morgan fingerprint density at radius 1 is 1.30 bits per heavy atom. The van der Waals surface area contributed by atoms with E-state index < -0.39 is 4.92 Å². The first kappa shape index (κ1) is 13.9. The van der Waals surface area contributed by atoms with Crippen molar-refractivity contribution in [3.63, 3.8) is 0 Å². The number of anilines is 1. The van der Waals surface area contributed by atoms with Gasteiger partial charge in [-0.25, -0.2) is 9.97 Å². The number of non-ortho nitro benzene ring substituents is 1. The van der Waals surface area contributed by atoms with Gasteiger partial charge in [0.2, 0.25) is 0 Å². The quantitative estimate of drug-likeness (QED) is 0.667. The third-order valence-corrected chi connectivity index (χ3v) is 2.75. The van der Waals surface area contributed by atoms with Crippen LogP contribution in [0.15, 0.2) is 30.3 Å². The zero-order chi connectivity index (χ0) is 14.5. The standard InChI is InChI=1S/C14H16N4O2/c1-3-7-15-14-9-13(16-10(2)17-14)11-5-4-6-12(8-11)18(19)20/h4-6,8-9H,3,7H2,1-2H3,(H,15,16,17). The second-order valence-corrected chi connectivity index (χ2v) is 4.42. The number of rotatable bonds is 5. The van der Waals surface area contributed by atoms with E-state index in [2.05, 4.69) is 22.2 Å². The van der Waals surface area contributed by atoms with Gasteiger partial charge in [-0.15, -0.1) is 0 Å². The summed E-state index contributed by atoms with van der Waals surface area (Å²) in [5.41, 5.74) is 1.45. The highest BCUT2D eigenvalue weighted by molar-refractivity contribution is 5.65. The number of nitrogens with zero attached hydrogens (tertiary/aromatic N) is 3. The number of nitrogens with one attached hydrogen (secondary N) is 1. The molecule has 1 aromatic heterocycles. The van der Waals surface area contributed by atoms with Gasteiger partial charge in [0.1, 0.15) is 11.6 Å². The lowest BCUT2D eigenvalue weighted by Gasteiger charge is -2.07. The number of nitro groups is 1. The van der Waals surface area contributed by atoms with Gasteiger partial charge in [-0.05, 0) is 13.3 Å². The van der Waals surface area contributed by atoms with Crippen LogP contribution in [0.5, 0.6) is 0 Å². The first-order chi connectivity index (χ1) is 9.60. The van der Waals surface area contributed by atoms with Crippen LogP contribution >= 0.6 is 0 Å². The van der Waals surface area contributed by atoms with Crippen molar-refractivity contribution in [2.24, 2.45) is 0 Å². The van der Waals surface area contributed by atoms with Gasteiger partial charge in [0.05, 0.1) is 10.6 Å². The van der Waals surface area contributed by atoms with Crippen LogP contribution in [0.3, 0.4) is 0 Å². The lowest BCUT2D eigenvalue weighted by atomic mass is 10.1. The zero-order valence-electron chi connectivity index (χ0n) is 11.5. The highest BCUT2D eigenvalue weighted by Gasteiger charge is 2.09. The van der Waals surface area contributed by atoms with E-state index in [1.54, 1.807) is 19.1 Å². The van der Waals surface area contributed by atoms with E-state index in [1.165, 1.54) is 12.1 Å². The first-order valence-electron chi connectivity index (χ1n) is 6.44. The Labute approximate surface area is 117 Å². The molecule has 6 heteroatoms. The molecule has 2 aromatic rings. The highest BCUT2D eigenvalue weighted by Crippen LogP contribution is 2.23. The van der Waals surface area contributed by atoms with Crippen LogP contribution in [0.2, 0.25) is 0 Å². The molecule has 0 spiro atoms. The molecule has 0 saturated heterocycles. The molecule has 0 amide bonds. The molecule has 20 heavy (non-hydrogen) atoms. The van der Waals surface area contributed by atoms with Gasteiger partial charge < -0.3 is 5.32 Å². The van der Waals surface area contributed by atoms with E-state index in [-0.39, 0.29) is 5.69 Å². The summed E-state index contributed by atoms with van der Waals surface area (Å²) in [5.74, 6) is 1.37. The van der Waals surface area contributed by atoms with Crippen molar-refractivity contribution in [1.82, 2.24) is 9.97 Å². The number of aryl methyl sites for hydroxylation is 1.